The molecule has 0 saturated heterocycles. The molecular formula is C18H15ClN6O3S. The SMILES string of the molecule is Cn1nc(-c2cccnc2)c2c(C(N)c3ccc(S(=O)(=O)O)cc3)nc(Cl)nc21. The second kappa shape index (κ2) is 7.16. The zero-order chi connectivity index (χ0) is 20.8. The molecule has 0 saturated carbocycles. The zero-order valence-electron chi connectivity index (χ0n) is 15.1. The lowest BCUT2D eigenvalue weighted by molar-refractivity contribution is 0.483. The van der Waals surface area contributed by atoms with Crippen LogP contribution in [0.15, 0.2) is 53.7 Å². The molecule has 148 valence electrons. The molecule has 1 aromatic carbocycles. The molecule has 4 rings (SSSR count). The number of fused-ring (bicyclic) bond motifs is 1. The summed E-state index contributed by atoms with van der Waals surface area (Å²) in [6.45, 7) is 0. The average molecular weight is 431 g/mol. The highest BCUT2D eigenvalue weighted by Gasteiger charge is 2.23. The van der Waals surface area contributed by atoms with Gasteiger partial charge in [0.25, 0.3) is 10.1 Å². The third-order valence-corrected chi connectivity index (χ3v) is 5.49. The van der Waals surface area contributed by atoms with Crippen molar-refractivity contribution in [2.75, 3.05) is 0 Å². The summed E-state index contributed by atoms with van der Waals surface area (Å²) in [6, 6.07) is 8.48. The standard InChI is InChI=1S/C18H15ClN6O3S/c1-25-17-13(15(24-25)11-3-2-8-21-9-11)16(22-18(19)23-17)14(20)10-4-6-12(7-5-10)29(26,27)28/h2-9,14H,20H2,1H3,(H,26,27,28). The van der Waals surface area contributed by atoms with Crippen molar-refractivity contribution in [2.24, 2.45) is 12.8 Å². The second-order valence-electron chi connectivity index (χ2n) is 6.31. The summed E-state index contributed by atoms with van der Waals surface area (Å²) in [6.07, 6.45) is 3.33. The van der Waals surface area contributed by atoms with Crippen LogP contribution in [0.5, 0.6) is 0 Å². The Hall–Kier alpha value is -2.92. The number of rotatable bonds is 4. The maximum atomic E-state index is 11.3. The third-order valence-electron chi connectivity index (χ3n) is 4.45. The molecule has 3 N–H and O–H groups in total. The van der Waals surface area contributed by atoms with E-state index in [1.807, 2.05) is 6.07 Å². The fourth-order valence-corrected chi connectivity index (χ4v) is 3.73. The Kier molecular flexibility index (Phi) is 4.79. The number of hydrogen-bond acceptors (Lipinski definition) is 7. The molecule has 4 aromatic rings. The van der Waals surface area contributed by atoms with Crippen molar-refractivity contribution in [1.29, 1.82) is 0 Å². The fourth-order valence-electron chi connectivity index (χ4n) is 3.08. The molecule has 0 aliphatic carbocycles. The van der Waals surface area contributed by atoms with E-state index in [1.54, 1.807) is 30.2 Å². The smallest absolute Gasteiger partial charge is 0.294 e. The highest BCUT2D eigenvalue weighted by Crippen LogP contribution is 2.33. The van der Waals surface area contributed by atoms with E-state index in [0.717, 1.165) is 5.56 Å². The summed E-state index contributed by atoms with van der Waals surface area (Å²) in [7, 11) is -2.56. The first kappa shape index (κ1) is 19.4. The predicted octanol–water partition coefficient (Wildman–Crippen LogP) is 2.37. The van der Waals surface area contributed by atoms with E-state index >= 15 is 0 Å². The Balaban J connectivity index is 1.91. The molecule has 29 heavy (non-hydrogen) atoms. The van der Waals surface area contributed by atoms with Gasteiger partial charge in [0.15, 0.2) is 5.65 Å². The number of nitrogens with two attached hydrogens (primary N) is 1. The summed E-state index contributed by atoms with van der Waals surface area (Å²) >= 11 is 6.12. The van der Waals surface area contributed by atoms with Crippen molar-refractivity contribution >= 4 is 32.8 Å². The van der Waals surface area contributed by atoms with E-state index in [9.17, 15) is 8.42 Å². The molecule has 3 aromatic heterocycles. The van der Waals surface area contributed by atoms with Crippen molar-refractivity contribution < 1.29 is 13.0 Å². The number of pyridine rings is 1. The van der Waals surface area contributed by atoms with Gasteiger partial charge in [0.05, 0.1) is 22.0 Å². The number of aromatic nitrogens is 5. The Morgan fingerprint density at radius 1 is 1.17 bits per heavy atom. The van der Waals surface area contributed by atoms with Crippen molar-refractivity contribution in [1.82, 2.24) is 24.7 Å². The van der Waals surface area contributed by atoms with Crippen LogP contribution in [0.3, 0.4) is 0 Å². The largest absolute Gasteiger partial charge is 0.319 e. The Bertz CT molecular complexity index is 1310. The molecule has 11 heteroatoms. The van der Waals surface area contributed by atoms with E-state index < -0.39 is 16.2 Å². The molecule has 0 amide bonds. The minimum Gasteiger partial charge on any atom is -0.319 e. The lowest BCUT2D eigenvalue weighted by Crippen LogP contribution is -2.15. The van der Waals surface area contributed by atoms with Crippen molar-refractivity contribution in [3.63, 3.8) is 0 Å². The first-order valence-electron chi connectivity index (χ1n) is 8.39. The van der Waals surface area contributed by atoms with Gasteiger partial charge in [0.1, 0.15) is 5.69 Å². The summed E-state index contributed by atoms with van der Waals surface area (Å²) in [4.78, 5) is 12.5. The van der Waals surface area contributed by atoms with Gasteiger partial charge in [0, 0.05) is 25.0 Å². The van der Waals surface area contributed by atoms with Crippen molar-refractivity contribution in [3.8, 4) is 11.3 Å². The summed E-state index contributed by atoms with van der Waals surface area (Å²) in [5.41, 5.74) is 9.34. The Morgan fingerprint density at radius 3 is 2.52 bits per heavy atom. The minimum absolute atomic E-state index is 0.0123. The van der Waals surface area contributed by atoms with Gasteiger partial charge in [-0.05, 0) is 41.4 Å². The first-order chi connectivity index (χ1) is 13.8. The predicted molar refractivity (Wildman–Crippen MR) is 107 cm³/mol. The van der Waals surface area contributed by atoms with Crippen LogP contribution in [0.1, 0.15) is 17.3 Å². The van der Waals surface area contributed by atoms with E-state index in [-0.39, 0.29) is 10.2 Å². The van der Waals surface area contributed by atoms with Crippen LogP contribution in [0.2, 0.25) is 5.28 Å². The molecular weight excluding hydrogens is 416 g/mol. The Labute approximate surface area is 170 Å². The fraction of sp³-hybridized carbons (Fsp3) is 0.111. The summed E-state index contributed by atoms with van der Waals surface area (Å²) in [5, 5.41) is 5.17. The lowest BCUT2D eigenvalue weighted by atomic mass is 10.00. The van der Waals surface area contributed by atoms with Gasteiger partial charge < -0.3 is 5.73 Å². The summed E-state index contributed by atoms with van der Waals surface area (Å²) in [5.74, 6) is 0. The highest BCUT2D eigenvalue weighted by molar-refractivity contribution is 7.85. The van der Waals surface area contributed by atoms with Gasteiger partial charge in [0.2, 0.25) is 5.28 Å². The van der Waals surface area contributed by atoms with Gasteiger partial charge in [-0.1, -0.05) is 12.1 Å². The van der Waals surface area contributed by atoms with Crippen LogP contribution < -0.4 is 5.73 Å². The molecule has 3 heterocycles. The molecule has 0 bridgehead atoms. The minimum atomic E-state index is -4.30. The quantitative estimate of drug-likeness (QED) is 0.372. The Morgan fingerprint density at radius 2 is 1.90 bits per heavy atom. The maximum Gasteiger partial charge on any atom is 0.294 e. The van der Waals surface area contributed by atoms with Crippen LogP contribution in [-0.4, -0.2) is 37.7 Å². The van der Waals surface area contributed by atoms with Crippen molar-refractivity contribution in [2.45, 2.75) is 10.9 Å². The second-order valence-corrected chi connectivity index (χ2v) is 8.07. The van der Waals surface area contributed by atoms with Crippen LogP contribution in [0.25, 0.3) is 22.3 Å². The zero-order valence-corrected chi connectivity index (χ0v) is 16.6. The van der Waals surface area contributed by atoms with Gasteiger partial charge in [-0.15, -0.1) is 0 Å². The van der Waals surface area contributed by atoms with E-state index in [0.29, 0.717) is 28.0 Å². The van der Waals surface area contributed by atoms with Crippen LogP contribution in [0.4, 0.5) is 0 Å². The maximum absolute atomic E-state index is 11.3. The number of halogens is 1. The molecule has 1 unspecified atom stereocenters. The normalized spacial score (nSPS) is 13.0. The summed E-state index contributed by atoms with van der Waals surface area (Å²) < 4.78 is 33.3. The average Bonchev–Trinajstić information content (AvgIpc) is 3.03. The number of aryl methyl sites for hydroxylation is 1. The van der Waals surface area contributed by atoms with Gasteiger partial charge >= 0.3 is 0 Å². The molecule has 0 spiro atoms. The van der Waals surface area contributed by atoms with Gasteiger partial charge in [-0.3, -0.25) is 9.54 Å². The number of benzene rings is 1. The number of nitrogens with zero attached hydrogens (tertiary/aromatic N) is 5. The van der Waals surface area contributed by atoms with Gasteiger partial charge in [-0.25, -0.2) is 9.67 Å². The van der Waals surface area contributed by atoms with E-state index in [4.69, 9.17) is 21.9 Å². The molecule has 0 radical (unpaired) electrons. The van der Waals surface area contributed by atoms with Gasteiger partial charge in [-0.2, -0.15) is 18.5 Å². The van der Waals surface area contributed by atoms with E-state index in [1.165, 1.54) is 24.3 Å². The molecule has 1 atom stereocenters. The highest BCUT2D eigenvalue weighted by atomic mass is 35.5. The molecule has 0 aliphatic heterocycles. The first-order valence-corrected chi connectivity index (χ1v) is 10.2. The molecule has 0 aliphatic rings. The van der Waals surface area contributed by atoms with Crippen LogP contribution in [0, 0.1) is 0 Å². The lowest BCUT2D eigenvalue weighted by Gasteiger charge is -2.14. The van der Waals surface area contributed by atoms with Crippen LogP contribution >= 0.6 is 11.6 Å². The number of hydrogen-bond donors (Lipinski definition) is 2. The van der Waals surface area contributed by atoms with E-state index in [2.05, 4.69) is 20.1 Å². The molecule has 0 fully saturated rings. The topological polar surface area (TPSA) is 137 Å². The van der Waals surface area contributed by atoms with Crippen LogP contribution in [-0.2, 0) is 17.2 Å². The molecule has 9 nitrogen and oxygen atoms in total. The van der Waals surface area contributed by atoms with Crippen molar-refractivity contribution in [3.05, 3.63) is 65.3 Å². The monoisotopic (exact) mass is 430 g/mol. The third kappa shape index (κ3) is 3.58.